The van der Waals surface area contributed by atoms with Crippen LogP contribution in [0.25, 0.3) is 0 Å². The predicted molar refractivity (Wildman–Crippen MR) is 76.3 cm³/mol. The van der Waals surface area contributed by atoms with Crippen LogP contribution in [-0.2, 0) is 9.53 Å². The van der Waals surface area contributed by atoms with Crippen molar-refractivity contribution in [2.24, 2.45) is 0 Å². The van der Waals surface area contributed by atoms with Gasteiger partial charge in [-0.25, -0.2) is 4.79 Å². The van der Waals surface area contributed by atoms with Crippen LogP contribution in [0, 0.1) is 6.92 Å². The molecule has 1 saturated heterocycles. The highest BCUT2D eigenvalue weighted by Gasteiger charge is 2.42. The minimum Gasteiger partial charge on any atom is -0.467 e. The minimum absolute atomic E-state index is 0.178. The monoisotopic (exact) mass is 262 g/mol. The van der Waals surface area contributed by atoms with E-state index in [4.69, 9.17) is 4.74 Å². The summed E-state index contributed by atoms with van der Waals surface area (Å²) in [7, 11) is 3.49. The SMILES string of the molecule is COC(=O)C1(Nc2ccccc2C)CCCN(C)C1. The second kappa shape index (κ2) is 5.61. The van der Waals surface area contributed by atoms with Crippen LogP contribution in [0.5, 0.6) is 0 Å². The molecule has 4 nitrogen and oxygen atoms in total. The van der Waals surface area contributed by atoms with Crippen molar-refractivity contribution in [1.29, 1.82) is 0 Å². The quantitative estimate of drug-likeness (QED) is 0.846. The van der Waals surface area contributed by atoms with Crippen LogP contribution in [0.4, 0.5) is 5.69 Å². The van der Waals surface area contributed by atoms with Crippen LogP contribution in [-0.4, -0.2) is 43.7 Å². The number of methoxy groups -OCH3 is 1. The molecule has 1 aromatic carbocycles. The fraction of sp³-hybridized carbons (Fsp3) is 0.533. The number of carbonyl (C=O) groups excluding carboxylic acids is 1. The van der Waals surface area contributed by atoms with E-state index < -0.39 is 5.54 Å². The average molecular weight is 262 g/mol. The fourth-order valence-corrected chi connectivity index (χ4v) is 2.76. The summed E-state index contributed by atoms with van der Waals surface area (Å²) < 4.78 is 5.03. The summed E-state index contributed by atoms with van der Waals surface area (Å²) in [6.07, 6.45) is 1.79. The van der Waals surface area contributed by atoms with Crippen LogP contribution in [0.15, 0.2) is 24.3 Å². The van der Waals surface area contributed by atoms with Gasteiger partial charge in [0, 0.05) is 12.2 Å². The summed E-state index contributed by atoms with van der Waals surface area (Å²) in [5, 5.41) is 3.43. The number of piperidine rings is 1. The normalized spacial score (nSPS) is 23.9. The molecule has 0 radical (unpaired) electrons. The van der Waals surface area contributed by atoms with Gasteiger partial charge in [0.05, 0.1) is 7.11 Å². The summed E-state index contributed by atoms with van der Waals surface area (Å²) in [5.41, 5.74) is 1.51. The van der Waals surface area contributed by atoms with Gasteiger partial charge in [0.15, 0.2) is 0 Å². The number of likely N-dealkylation sites (N-methyl/N-ethyl adjacent to an activating group) is 1. The number of nitrogens with zero attached hydrogens (tertiary/aromatic N) is 1. The third-order valence-electron chi connectivity index (χ3n) is 3.78. The zero-order chi connectivity index (χ0) is 13.9. The molecule has 0 aliphatic carbocycles. The van der Waals surface area contributed by atoms with Crippen LogP contribution < -0.4 is 5.32 Å². The van der Waals surface area contributed by atoms with Gasteiger partial charge in [0.1, 0.15) is 5.54 Å². The Labute approximate surface area is 114 Å². The Morgan fingerprint density at radius 1 is 1.42 bits per heavy atom. The number of aryl methyl sites for hydroxylation is 1. The van der Waals surface area contributed by atoms with Crippen molar-refractivity contribution in [1.82, 2.24) is 4.90 Å². The molecule has 1 N–H and O–H groups in total. The maximum Gasteiger partial charge on any atom is 0.332 e. The van der Waals surface area contributed by atoms with Gasteiger partial charge < -0.3 is 15.0 Å². The Morgan fingerprint density at radius 3 is 2.79 bits per heavy atom. The molecule has 2 rings (SSSR count). The second-order valence-electron chi connectivity index (χ2n) is 5.35. The van der Waals surface area contributed by atoms with Crippen molar-refractivity contribution in [2.75, 3.05) is 32.6 Å². The molecule has 1 fully saturated rings. The van der Waals surface area contributed by atoms with E-state index >= 15 is 0 Å². The highest BCUT2D eigenvalue weighted by atomic mass is 16.5. The summed E-state index contributed by atoms with van der Waals surface area (Å²) in [4.78, 5) is 14.4. The van der Waals surface area contributed by atoms with Crippen molar-refractivity contribution in [3.63, 3.8) is 0 Å². The van der Waals surface area contributed by atoms with Crippen molar-refractivity contribution < 1.29 is 9.53 Å². The number of hydrogen-bond donors (Lipinski definition) is 1. The Kier molecular flexibility index (Phi) is 4.10. The minimum atomic E-state index is -0.631. The maximum atomic E-state index is 12.2. The van der Waals surface area contributed by atoms with E-state index in [0.29, 0.717) is 6.54 Å². The number of nitrogens with one attached hydrogen (secondary N) is 1. The van der Waals surface area contributed by atoms with Crippen molar-refractivity contribution in [2.45, 2.75) is 25.3 Å². The van der Waals surface area contributed by atoms with Crippen LogP contribution in [0.3, 0.4) is 0 Å². The molecule has 1 heterocycles. The fourth-order valence-electron chi connectivity index (χ4n) is 2.76. The van der Waals surface area contributed by atoms with Crippen molar-refractivity contribution in [3.8, 4) is 0 Å². The van der Waals surface area contributed by atoms with Gasteiger partial charge in [-0.2, -0.15) is 0 Å². The molecule has 0 bridgehead atoms. The summed E-state index contributed by atoms with van der Waals surface area (Å²) >= 11 is 0. The standard InChI is InChI=1S/C15H22N2O2/c1-12-7-4-5-8-13(12)16-15(14(18)19-3)9-6-10-17(2)11-15/h4-5,7-8,16H,6,9-11H2,1-3H3. The molecule has 104 valence electrons. The predicted octanol–water partition coefficient (Wildman–Crippen LogP) is 2.04. The molecule has 1 aliphatic heterocycles. The van der Waals surface area contributed by atoms with Gasteiger partial charge in [-0.15, -0.1) is 0 Å². The lowest BCUT2D eigenvalue weighted by atomic mass is 9.88. The van der Waals surface area contributed by atoms with Gasteiger partial charge >= 0.3 is 5.97 Å². The number of hydrogen-bond acceptors (Lipinski definition) is 4. The summed E-state index contributed by atoms with van der Waals surface area (Å²) in [6.45, 7) is 3.74. The first-order chi connectivity index (χ1) is 9.07. The molecule has 1 atom stereocenters. The van der Waals surface area contributed by atoms with Crippen LogP contribution in [0.1, 0.15) is 18.4 Å². The zero-order valence-corrected chi connectivity index (χ0v) is 11.9. The smallest absolute Gasteiger partial charge is 0.332 e. The molecule has 0 spiro atoms. The Bertz CT molecular complexity index is 461. The number of likely N-dealkylation sites (tertiary alicyclic amines) is 1. The largest absolute Gasteiger partial charge is 0.467 e. The first-order valence-electron chi connectivity index (χ1n) is 6.68. The first kappa shape index (κ1) is 13.9. The van der Waals surface area contributed by atoms with E-state index in [1.165, 1.54) is 7.11 Å². The molecular formula is C15H22N2O2. The molecule has 1 aromatic rings. The maximum absolute atomic E-state index is 12.2. The van der Waals surface area contributed by atoms with Crippen LogP contribution in [0.2, 0.25) is 0 Å². The van der Waals surface area contributed by atoms with Gasteiger partial charge in [0.2, 0.25) is 0 Å². The third kappa shape index (κ3) is 2.89. The number of esters is 1. The number of rotatable bonds is 3. The molecule has 0 saturated carbocycles. The third-order valence-corrected chi connectivity index (χ3v) is 3.78. The molecule has 19 heavy (non-hydrogen) atoms. The summed E-state index contributed by atoms with van der Waals surface area (Å²) in [6, 6.07) is 8.03. The van der Waals surface area contributed by atoms with Gasteiger partial charge in [-0.3, -0.25) is 0 Å². The topological polar surface area (TPSA) is 41.6 Å². The first-order valence-corrected chi connectivity index (χ1v) is 6.68. The van der Waals surface area contributed by atoms with Crippen molar-refractivity contribution >= 4 is 11.7 Å². The molecular weight excluding hydrogens is 240 g/mol. The molecule has 0 amide bonds. The van der Waals surface area contributed by atoms with Gasteiger partial charge in [-0.1, -0.05) is 18.2 Å². The van der Waals surface area contributed by atoms with E-state index in [0.717, 1.165) is 30.6 Å². The highest BCUT2D eigenvalue weighted by molar-refractivity contribution is 5.85. The second-order valence-corrected chi connectivity index (χ2v) is 5.35. The van der Waals surface area contributed by atoms with E-state index in [9.17, 15) is 4.79 Å². The molecule has 1 aliphatic rings. The number of carbonyl (C=O) groups is 1. The Balaban J connectivity index is 2.28. The number of anilines is 1. The number of ether oxygens (including phenoxy) is 1. The zero-order valence-electron chi connectivity index (χ0n) is 11.9. The van der Waals surface area contributed by atoms with Crippen LogP contribution >= 0.6 is 0 Å². The van der Waals surface area contributed by atoms with Gasteiger partial charge in [0.25, 0.3) is 0 Å². The van der Waals surface area contributed by atoms with Gasteiger partial charge in [-0.05, 0) is 45.0 Å². The van der Waals surface area contributed by atoms with Crippen molar-refractivity contribution in [3.05, 3.63) is 29.8 Å². The number of benzene rings is 1. The highest BCUT2D eigenvalue weighted by Crippen LogP contribution is 2.28. The molecule has 0 aromatic heterocycles. The Hall–Kier alpha value is -1.55. The lowest BCUT2D eigenvalue weighted by Crippen LogP contribution is -2.57. The lowest BCUT2D eigenvalue weighted by molar-refractivity contribution is -0.147. The Morgan fingerprint density at radius 2 is 2.16 bits per heavy atom. The summed E-state index contributed by atoms with van der Waals surface area (Å²) in [5.74, 6) is -0.178. The van der Waals surface area contributed by atoms with E-state index in [-0.39, 0.29) is 5.97 Å². The molecule has 4 heteroatoms. The number of para-hydroxylation sites is 1. The van der Waals surface area contributed by atoms with E-state index in [2.05, 4.69) is 10.2 Å². The average Bonchev–Trinajstić information content (AvgIpc) is 2.40. The van der Waals surface area contributed by atoms with E-state index in [1.807, 2.05) is 38.2 Å². The molecule has 1 unspecified atom stereocenters. The lowest BCUT2D eigenvalue weighted by Gasteiger charge is -2.40. The van der Waals surface area contributed by atoms with E-state index in [1.54, 1.807) is 0 Å².